The van der Waals surface area contributed by atoms with Crippen LogP contribution in [0.25, 0.3) is 28.0 Å². The molecule has 2 heterocycles. The van der Waals surface area contributed by atoms with E-state index >= 15 is 0 Å². The molecule has 1 unspecified atom stereocenters. The van der Waals surface area contributed by atoms with Crippen molar-refractivity contribution in [2.24, 2.45) is 0 Å². The number of carbonyl (C=O) groups excluding carboxylic acids is 1. The van der Waals surface area contributed by atoms with Gasteiger partial charge in [-0.05, 0) is 55.3 Å². The van der Waals surface area contributed by atoms with Crippen LogP contribution in [0, 0.1) is 6.92 Å². The number of carbonyl (C=O) groups is 1. The maximum atomic E-state index is 13.4. The summed E-state index contributed by atoms with van der Waals surface area (Å²) >= 11 is 0. The van der Waals surface area contributed by atoms with Crippen LogP contribution in [0.1, 0.15) is 34.7 Å². The molecule has 6 nitrogen and oxygen atoms in total. The molecular weight excluding hydrogens is 436 g/mol. The third kappa shape index (κ3) is 4.38. The number of aryl methyl sites for hydroxylation is 1. The maximum Gasteiger partial charge on any atom is 0.270 e. The van der Waals surface area contributed by atoms with Crippen LogP contribution in [-0.2, 0) is 0 Å². The molecule has 0 radical (unpaired) electrons. The van der Waals surface area contributed by atoms with E-state index in [1.165, 1.54) is 0 Å². The second-order valence-corrected chi connectivity index (χ2v) is 8.42. The summed E-state index contributed by atoms with van der Waals surface area (Å²) in [5.74, 6) is 0.520. The van der Waals surface area contributed by atoms with E-state index in [9.17, 15) is 4.79 Å². The first-order valence-corrected chi connectivity index (χ1v) is 11.5. The van der Waals surface area contributed by atoms with E-state index < -0.39 is 0 Å². The highest BCUT2D eigenvalue weighted by Crippen LogP contribution is 2.31. The Labute approximate surface area is 204 Å². The third-order valence-corrected chi connectivity index (χ3v) is 6.09. The highest BCUT2D eigenvalue weighted by atomic mass is 16.5. The van der Waals surface area contributed by atoms with Gasteiger partial charge >= 0.3 is 0 Å². The molecule has 5 aromatic rings. The standard InChI is InChI=1S/C29H26N4O2/c1-19(21-10-6-4-7-11-21)30-29(34)25-18-26(22-14-16-24(35-3)17-15-22)33-28(31-25)27(20(2)32-33)23-12-8-5-9-13-23/h4-19H,1-3H3,(H,30,34). The molecule has 0 spiro atoms. The van der Waals surface area contributed by atoms with Crippen LogP contribution in [-0.4, -0.2) is 27.6 Å². The number of nitrogens with zero attached hydrogens (tertiary/aromatic N) is 3. The van der Waals surface area contributed by atoms with Crippen molar-refractivity contribution in [2.75, 3.05) is 7.11 Å². The van der Waals surface area contributed by atoms with Crippen molar-refractivity contribution in [1.82, 2.24) is 19.9 Å². The summed E-state index contributed by atoms with van der Waals surface area (Å²) < 4.78 is 7.14. The van der Waals surface area contributed by atoms with E-state index in [0.29, 0.717) is 11.3 Å². The minimum atomic E-state index is -0.239. The number of nitrogens with one attached hydrogen (secondary N) is 1. The Hall–Kier alpha value is -4.45. The highest BCUT2D eigenvalue weighted by molar-refractivity contribution is 5.95. The normalized spacial score (nSPS) is 11.9. The summed E-state index contributed by atoms with van der Waals surface area (Å²) in [5, 5.41) is 7.90. The molecule has 174 valence electrons. The number of ether oxygens (including phenoxy) is 1. The molecule has 1 N–H and O–H groups in total. The Kier molecular flexibility index (Phi) is 6.02. The Morgan fingerprint density at radius 3 is 2.23 bits per heavy atom. The minimum Gasteiger partial charge on any atom is -0.497 e. The first-order chi connectivity index (χ1) is 17.0. The van der Waals surface area contributed by atoms with Gasteiger partial charge in [0.25, 0.3) is 5.91 Å². The fourth-order valence-corrected chi connectivity index (χ4v) is 4.25. The van der Waals surface area contributed by atoms with Crippen molar-refractivity contribution in [1.29, 1.82) is 0 Å². The summed E-state index contributed by atoms with van der Waals surface area (Å²) in [7, 11) is 1.64. The second-order valence-electron chi connectivity index (χ2n) is 8.42. The lowest BCUT2D eigenvalue weighted by molar-refractivity contribution is 0.0935. The van der Waals surface area contributed by atoms with E-state index in [1.807, 2.05) is 103 Å². The van der Waals surface area contributed by atoms with E-state index in [0.717, 1.165) is 39.4 Å². The van der Waals surface area contributed by atoms with Gasteiger partial charge in [0.2, 0.25) is 0 Å². The SMILES string of the molecule is COc1ccc(-c2cc(C(=O)NC(C)c3ccccc3)nc3c(-c4ccccc4)c(C)nn23)cc1. The molecule has 1 atom stereocenters. The molecule has 0 fully saturated rings. The second kappa shape index (κ2) is 9.43. The van der Waals surface area contributed by atoms with Crippen LogP contribution in [0.4, 0.5) is 0 Å². The lowest BCUT2D eigenvalue weighted by Gasteiger charge is -2.15. The predicted molar refractivity (Wildman–Crippen MR) is 137 cm³/mol. The van der Waals surface area contributed by atoms with Crippen LogP contribution < -0.4 is 10.1 Å². The van der Waals surface area contributed by atoms with Gasteiger partial charge in [0.05, 0.1) is 24.5 Å². The van der Waals surface area contributed by atoms with Gasteiger partial charge < -0.3 is 10.1 Å². The Balaban J connectivity index is 1.65. The molecular formula is C29H26N4O2. The van der Waals surface area contributed by atoms with Gasteiger partial charge in [-0.3, -0.25) is 4.79 Å². The van der Waals surface area contributed by atoms with Crippen molar-refractivity contribution in [2.45, 2.75) is 19.9 Å². The zero-order valence-corrected chi connectivity index (χ0v) is 19.9. The predicted octanol–water partition coefficient (Wildman–Crippen LogP) is 5.87. The van der Waals surface area contributed by atoms with E-state index in [-0.39, 0.29) is 11.9 Å². The van der Waals surface area contributed by atoms with E-state index in [1.54, 1.807) is 13.2 Å². The van der Waals surface area contributed by atoms with Crippen molar-refractivity contribution >= 4 is 11.6 Å². The van der Waals surface area contributed by atoms with Crippen LogP contribution in [0.15, 0.2) is 91.0 Å². The fourth-order valence-electron chi connectivity index (χ4n) is 4.25. The molecule has 0 bridgehead atoms. The number of amides is 1. The average molecular weight is 463 g/mol. The molecule has 35 heavy (non-hydrogen) atoms. The number of fused-ring (bicyclic) bond motifs is 1. The summed E-state index contributed by atoms with van der Waals surface area (Å²) in [6.45, 7) is 3.93. The number of aromatic nitrogens is 3. The van der Waals surface area contributed by atoms with Gasteiger partial charge in [0.15, 0.2) is 5.65 Å². The minimum absolute atomic E-state index is 0.161. The Morgan fingerprint density at radius 1 is 0.914 bits per heavy atom. The molecule has 5 rings (SSSR count). The zero-order chi connectivity index (χ0) is 24.4. The van der Waals surface area contributed by atoms with Crippen LogP contribution >= 0.6 is 0 Å². The highest BCUT2D eigenvalue weighted by Gasteiger charge is 2.21. The molecule has 0 saturated heterocycles. The molecule has 2 aromatic heterocycles. The van der Waals surface area contributed by atoms with Gasteiger partial charge in [-0.2, -0.15) is 5.10 Å². The lowest BCUT2D eigenvalue weighted by Crippen LogP contribution is -2.27. The first kappa shape index (κ1) is 22.3. The topological polar surface area (TPSA) is 68.5 Å². The summed E-state index contributed by atoms with van der Waals surface area (Å²) in [4.78, 5) is 18.2. The molecule has 0 saturated carbocycles. The van der Waals surface area contributed by atoms with Gasteiger partial charge in [-0.1, -0.05) is 60.7 Å². The van der Waals surface area contributed by atoms with Gasteiger partial charge in [-0.15, -0.1) is 0 Å². The molecule has 0 aliphatic rings. The molecule has 6 heteroatoms. The van der Waals surface area contributed by atoms with Gasteiger partial charge in [-0.25, -0.2) is 9.50 Å². The van der Waals surface area contributed by atoms with Gasteiger partial charge in [0, 0.05) is 11.1 Å². The van der Waals surface area contributed by atoms with Gasteiger partial charge in [0.1, 0.15) is 11.4 Å². The van der Waals surface area contributed by atoms with E-state index in [2.05, 4.69) is 5.32 Å². The smallest absolute Gasteiger partial charge is 0.270 e. The largest absolute Gasteiger partial charge is 0.497 e. The third-order valence-electron chi connectivity index (χ3n) is 6.09. The summed E-state index contributed by atoms with van der Waals surface area (Å²) in [6.07, 6.45) is 0. The quantitative estimate of drug-likeness (QED) is 0.343. The van der Waals surface area contributed by atoms with Crippen molar-refractivity contribution < 1.29 is 9.53 Å². The number of benzene rings is 3. The average Bonchev–Trinajstić information content (AvgIpc) is 3.24. The Bertz CT molecular complexity index is 1480. The maximum absolute atomic E-state index is 13.4. The van der Waals surface area contributed by atoms with Crippen LogP contribution in [0.3, 0.4) is 0 Å². The number of hydrogen-bond acceptors (Lipinski definition) is 4. The lowest BCUT2D eigenvalue weighted by atomic mass is 10.1. The Morgan fingerprint density at radius 2 is 1.57 bits per heavy atom. The number of hydrogen-bond donors (Lipinski definition) is 1. The first-order valence-electron chi connectivity index (χ1n) is 11.5. The molecule has 3 aromatic carbocycles. The molecule has 1 amide bonds. The monoisotopic (exact) mass is 462 g/mol. The zero-order valence-electron chi connectivity index (χ0n) is 19.9. The number of methoxy groups -OCH3 is 1. The van der Waals surface area contributed by atoms with Crippen molar-refractivity contribution in [3.05, 3.63) is 108 Å². The molecule has 0 aliphatic heterocycles. The van der Waals surface area contributed by atoms with Crippen LogP contribution in [0.2, 0.25) is 0 Å². The van der Waals surface area contributed by atoms with Crippen molar-refractivity contribution in [3.8, 4) is 28.1 Å². The molecule has 0 aliphatic carbocycles. The van der Waals surface area contributed by atoms with Crippen molar-refractivity contribution in [3.63, 3.8) is 0 Å². The number of rotatable bonds is 6. The summed E-state index contributed by atoms with van der Waals surface area (Å²) in [5.41, 5.74) is 6.44. The fraction of sp³-hybridized carbons (Fsp3) is 0.138. The van der Waals surface area contributed by atoms with Crippen LogP contribution in [0.5, 0.6) is 5.75 Å². The van der Waals surface area contributed by atoms with E-state index in [4.69, 9.17) is 14.8 Å². The summed E-state index contributed by atoms with van der Waals surface area (Å²) in [6, 6.07) is 29.2.